The van der Waals surface area contributed by atoms with Crippen LogP contribution in [0.25, 0.3) is 11.3 Å². The van der Waals surface area contributed by atoms with E-state index in [-0.39, 0.29) is 5.75 Å². The highest BCUT2D eigenvalue weighted by molar-refractivity contribution is 5.72. The van der Waals surface area contributed by atoms with Crippen molar-refractivity contribution in [2.75, 3.05) is 5.73 Å². The first-order valence-electron chi connectivity index (χ1n) is 6.48. The normalized spacial score (nSPS) is 11.0. The number of nitrogens with two attached hydrogens (primary N) is 1. The second-order valence-corrected chi connectivity index (χ2v) is 4.45. The molecule has 2 N–H and O–H groups in total. The molecule has 1 aromatic carbocycles. The molecule has 0 unspecified atom stereocenters. The van der Waals surface area contributed by atoms with Crippen molar-refractivity contribution in [3.63, 3.8) is 0 Å². The van der Waals surface area contributed by atoms with Crippen LogP contribution in [-0.4, -0.2) is 16.4 Å². The van der Waals surface area contributed by atoms with Gasteiger partial charge in [-0.05, 0) is 30.7 Å². The van der Waals surface area contributed by atoms with Crippen LogP contribution in [0.4, 0.5) is 14.5 Å². The summed E-state index contributed by atoms with van der Waals surface area (Å²) in [5.41, 5.74) is 7.94. The molecular weight excluding hydrogens is 264 g/mol. The van der Waals surface area contributed by atoms with Crippen LogP contribution in [0, 0.1) is 0 Å². The molecule has 0 spiro atoms. The van der Waals surface area contributed by atoms with Crippen molar-refractivity contribution in [3.8, 4) is 17.0 Å². The van der Waals surface area contributed by atoms with Gasteiger partial charge in [0, 0.05) is 18.3 Å². The third kappa shape index (κ3) is 3.46. The first kappa shape index (κ1) is 14.3. The molecule has 0 aliphatic rings. The lowest BCUT2D eigenvalue weighted by Crippen LogP contribution is -2.01. The Morgan fingerprint density at radius 2 is 2.00 bits per heavy atom. The Bertz CT molecular complexity index is 552. The zero-order chi connectivity index (χ0) is 14.5. The summed E-state index contributed by atoms with van der Waals surface area (Å²) in [6, 6.07) is 6.29. The fourth-order valence-corrected chi connectivity index (χ4v) is 1.89. The summed E-state index contributed by atoms with van der Waals surface area (Å²) in [6.45, 7) is 0.0992. The number of halogens is 2. The highest BCUT2D eigenvalue weighted by atomic mass is 19.3. The van der Waals surface area contributed by atoms with Crippen LogP contribution in [0.15, 0.2) is 30.5 Å². The Balaban J connectivity index is 2.16. The first-order chi connectivity index (χ1) is 9.60. The first-order valence-corrected chi connectivity index (χ1v) is 6.48. The maximum atomic E-state index is 12.1. The number of hydrogen-bond donors (Lipinski definition) is 1. The molecule has 4 nitrogen and oxygen atoms in total. The predicted octanol–water partition coefficient (Wildman–Crippen LogP) is 3.53. The van der Waals surface area contributed by atoms with E-state index >= 15 is 0 Å². The van der Waals surface area contributed by atoms with E-state index in [9.17, 15) is 8.78 Å². The molecule has 1 heterocycles. The maximum absolute atomic E-state index is 12.1. The molecule has 0 amide bonds. The van der Waals surface area contributed by atoms with Crippen molar-refractivity contribution in [2.45, 2.75) is 32.9 Å². The van der Waals surface area contributed by atoms with E-state index < -0.39 is 6.61 Å². The number of benzene rings is 1. The third-order valence-corrected chi connectivity index (χ3v) is 2.88. The van der Waals surface area contributed by atoms with Crippen molar-refractivity contribution in [1.82, 2.24) is 9.78 Å². The molecular formula is C14H17F2N3O. The highest BCUT2D eigenvalue weighted by Crippen LogP contribution is 2.26. The summed E-state index contributed by atoms with van der Waals surface area (Å²) in [5.74, 6) is 0.118. The Kier molecular flexibility index (Phi) is 4.55. The maximum Gasteiger partial charge on any atom is 0.387 e. The van der Waals surface area contributed by atoms with Crippen molar-refractivity contribution in [1.29, 1.82) is 0 Å². The summed E-state index contributed by atoms with van der Waals surface area (Å²) in [7, 11) is 0. The molecule has 0 aliphatic heterocycles. The standard InChI is InChI=1S/C14H17F2N3O/c1-2-3-8-19-9-12(17)13(18-19)10-4-6-11(7-5-10)20-14(15)16/h4-7,9,14H,2-3,8,17H2,1H3. The van der Waals surface area contributed by atoms with Crippen LogP contribution in [0.5, 0.6) is 5.75 Å². The number of anilines is 1. The second kappa shape index (κ2) is 6.36. The van der Waals surface area contributed by atoms with E-state index in [4.69, 9.17) is 5.73 Å². The van der Waals surface area contributed by atoms with E-state index in [1.807, 2.05) is 0 Å². The monoisotopic (exact) mass is 281 g/mol. The summed E-state index contributed by atoms with van der Waals surface area (Å²) in [4.78, 5) is 0. The molecule has 0 saturated carbocycles. The van der Waals surface area contributed by atoms with Gasteiger partial charge in [-0.1, -0.05) is 13.3 Å². The highest BCUT2D eigenvalue weighted by Gasteiger charge is 2.10. The quantitative estimate of drug-likeness (QED) is 0.881. The second-order valence-electron chi connectivity index (χ2n) is 4.45. The number of ether oxygens (including phenoxy) is 1. The van der Waals surface area contributed by atoms with Crippen molar-refractivity contribution in [3.05, 3.63) is 30.5 Å². The number of alkyl halides is 2. The lowest BCUT2D eigenvalue weighted by atomic mass is 10.1. The molecule has 0 aliphatic carbocycles. The third-order valence-electron chi connectivity index (χ3n) is 2.88. The van der Waals surface area contributed by atoms with E-state index in [2.05, 4.69) is 16.8 Å². The fraction of sp³-hybridized carbons (Fsp3) is 0.357. The predicted molar refractivity (Wildman–Crippen MR) is 73.6 cm³/mol. The SMILES string of the molecule is CCCCn1cc(N)c(-c2ccc(OC(F)F)cc2)n1. The molecule has 6 heteroatoms. The number of rotatable bonds is 6. The Morgan fingerprint density at radius 3 is 2.60 bits per heavy atom. The van der Waals surface area contributed by atoms with Crippen molar-refractivity contribution < 1.29 is 13.5 Å². The van der Waals surface area contributed by atoms with Crippen LogP contribution < -0.4 is 10.5 Å². The minimum atomic E-state index is -2.82. The van der Waals surface area contributed by atoms with Crippen LogP contribution in [0.2, 0.25) is 0 Å². The topological polar surface area (TPSA) is 53.1 Å². The Hall–Kier alpha value is -2.11. The van der Waals surface area contributed by atoms with Gasteiger partial charge >= 0.3 is 6.61 Å². The number of nitrogens with zero attached hydrogens (tertiary/aromatic N) is 2. The van der Waals surface area contributed by atoms with Gasteiger partial charge in [0.05, 0.1) is 5.69 Å². The van der Waals surface area contributed by atoms with E-state index in [1.165, 1.54) is 12.1 Å². The molecule has 0 atom stereocenters. The summed E-state index contributed by atoms with van der Waals surface area (Å²) >= 11 is 0. The minimum Gasteiger partial charge on any atom is -0.435 e. The van der Waals surface area contributed by atoms with Crippen LogP contribution in [-0.2, 0) is 6.54 Å². The average molecular weight is 281 g/mol. The van der Waals surface area contributed by atoms with E-state index in [0.29, 0.717) is 11.4 Å². The lowest BCUT2D eigenvalue weighted by Gasteiger charge is -2.05. The van der Waals surface area contributed by atoms with Gasteiger partial charge in [0.15, 0.2) is 0 Å². The molecule has 108 valence electrons. The molecule has 0 radical (unpaired) electrons. The molecule has 2 rings (SSSR count). The van der Waals surface area contributed by atoms with Crippen LogP contribution >= 0.6 is 0 Å². The number of nitrogen functional groups attached to an aromatic ring is 1. The molecule has 2 aromatic rings. The van der Waals surface area contributed by atoms with Crippen LogP contribution in [0.1, 0.15) is 19.8 Å². The van der Waals surface area contributed by atoms with E-state index in [1.54, 1.807) is 23.0 Å². The smallest absolute Gasteiger partial charge is 0.387 e. The largest absolute Gasteiger partial charge is 0.435 e. The fourth-order valence-electron chi connectivity index (χ4n) is 1.89. The number of unbranched alkanes of at least 4 members (excludes halogenated alkanes) is 1. The van der Waals surface area contributed by atoms with Gasteiger partial charge in [-0.2, -0.15) is 13.9 Å². The van der Waals surface area contributed by atoms with E-state index in [0.717, 1.165) is 24.9 Å². The molecule has 0 bridgehead atoms. The number of aryl methyl sites for hydroxylation is 1. The van der Waals surface area contributed by atoms with Gasteiger partial charge in [0.1, 0.15) is 11.4 Å². The van der Waals surface area contributed by atoms with Crippen molar-refractivity contribution in [2.24, 2.45) is 0 Å². The molecule has 0 saturated heterocycles. The van der Waals surface area contributed by atoms with Gasteiger partial charge in [0.2, 0.25) is 0 Å². The average Bonchev–Trinajstić information content (AvgIpc) is 2.78. The Labute approximate surface area is 116 Å². The van der Waals surface area contributed by atoms with Crippen LogP contribution in [0.3, 0.4) is 0 Å². The molecule has 1 aromatic heterocycles. The Morgan fingerprint density at radius 1 is 1.30 bits per heavy atom. The number of hydrogen-bond acceptors (Lipinski definition) is 3. The zero-order valence-corrected chi connectivity index (χ0v) is 11.2. The zero-order valence-electron chi connectivity index (χ0n) is 11.2. The van der Waals surface area contributed by atoms with Gasteiger partial charge in [0.25, 0.3) is 0 Å². The summed E-state index contributed by atoms with van der Waals surface area (Å²) < 4.78 is 30.3. The van der Waals surface area contributed by atoms with Gasteiger partial charge < -0.3 is 10.5 Å². The minimum absolute atomic E-state index is 0.118. The van der Waals surface area contributed by atoms with Gasteiger partial charge in [-0.25, -0.2) is 0 Å². The molecule has 20 heavy (non-hydrogen) atoms. The lowest BCUT2D eigenvalue weighted by molar-refractivity contribution is -0.0498. The van der Waals surface area contributed by atoms with Gasteiger partial charge in [-0.3, -0.25) is 4.68 Å². The summed E-state index contributed by atoms with van der Waals surface area (Å²) in [6.07, 6.45) is 3.89. The molecule has 0 fully saturated rings. The summed E-state index contributed by atoms with van der Waals surface area (Å²) in [5, 5.41) is 4.41. The van der Waals surface area contributed by atoms with Crippen molar-refractivity contribution >= 4 is 5.69 Å². The van der Waals surface area contributed by atoms with Gasteiger partial charge in [-0.15, -0.1) is 0 Å². The number of aromatic nitrogens is 2.